The highest BCUT2D eigenvalue weighted by atomic mass is 32.1. The topological polar surface area (TPSA) is 85.6 Å². The van der Waals surface area contributed by atoms with Crippen molar-refractivity contribution < 1.29 is 4.79 Å². The molecule has 0 unspecified atom stereocenters. The minimum Gasteiger partial charge on any atom is -0.350 e. The van der Waals surface area contributed by atoms with E-state index in [4.69, 9.17) is 0 Å². The summed E-state index contributed by atoms with van der Waals surface area (Å²) in [5.41, 5.74) is 3.62. The summed E-state index contributed by atoms with van der Waals surface area (Å²) in [6.07, 6.45) is 2.43. The summed E-state index contributed by atoms with van der Waals surface area (Å²) in [5, 5.41) is 15.4. The van der Waals surface area contributed by atoms with E-state index >= 15 is 0 Å². The van der Waals surface area contributed by atoms with E-state index in [1.54, 1.807) is 22.2 Å². The number of hydrogen-bond donors (Lipinski definition) is 1. The van der Waals surface area contributed by atoms with Crippen LogP contribution < -0.4 is 5.32 Å². The monoisotopic (exact) mass is 406 g/mol. The van der Waals surface area contributed by atoms with Gasteiger partial charge in [0.1, 0.15) is 0 Å². The first-order valence-corrected chi connectivity index (χ1v) is 10.4. The number of benzene rings is 1. The number of rotatable bonds is 6. The van der Waals surface area contributed by atoms with Crippen molar-refractivity contribution in [2.45, 2.75) is 33.1 Å². The van der Waals surface area contributed by atoms with Crippen LogP contribution in [0.25, 0.3) is 16.6 Å². The molecule has 148 valence electrons. The van der Waals surface area contributed by atoms with Gasteiger partial charge in [-0.1, -0.05) is 37.3 Å². The molecule has 3 aromatic heterocycles. The minimum atomic E-state index is -0.235. The molecule has 0 aliphatic rings. The van der Waals surface area contributed by atoms with E-state index in [2.05, 4.69) is 44.8 Å². The molecule has 3 heterocycles. The Morgan fingerprint density at radius 2 is 2.07 bits per heavy atom. The number of pyridine rings is 1. The van der Waals surface area contributed by atoms with Crippen molar-refractivity contribution >= 4 is 28.1 Å². The molecule has 0 fully saturated rings. The van der Waals surface area contributed by atoms with Crippen molar-refractivity contribution in [2.24, 2.45) is 0 Å². The Morgan fingerprint density at radius 1 is 1.24 bits per heavy atom. The third kappa shape index (κ3) is 3.88. The third-order valence-electron chi connectivity index (χ3n) is 4.68. The number of nitrogens with one attached hydrogen (secondary N) is 1. The standard InChI is InChI=1S/C21H22N6OS/c1-13(2)21-24-16(12-29-21)9-11-23-20(28)18-14(3)27(26-25-18)17-8-4-6-15-7-5-10-22-19(15)17/h4-8,10,12-13H,9,11H2,1-3H3,(H,23,28). The summed E-state index contributed by atoms with van der Waals surface area (Å²) < 4.78 is 1.67. The maximum absolute atomic E-state index is 12.6. The summed E-state index contributed by atoms with van der Waals surface area (Å²) >= 11 is 1.66. The highest BCUT2D eigenvalue weighted by Gasteiger charge is 2.18. The average molecular weight is 407 g/mol. The van der Waals surface area contributed by atoms with E-state index in [0.717, 1.165) is 27.3 Å². The molecule has 0 saturated carbocycles. The quantitative estimate of drug-likeness (QED) is 0.528. The first-order chi connectivity index (χ1) is 14.0. The van der Waals surface area contributed by atoms with Crippen LogP contribution in [0.1, 0.15) is 46.6 Å². The normalized spacial score (nSPS) is 11.3. The fraction of sp³-hybridized carbons (Fsp3) is 0.286. The van der Waals surface area contributed by atoms with Gasteiger partial charge < -0.3 is 5.32 Å². The van der Waals surface area contributed by atoms with Gasteiger partial charge in [0.15, 0.2) is 5.69 Å². The predicted molar refractivity (Wildman–Crippen MR) is 114 cm³/mol. The van der Waals surface area contributed by atoms with E-state index in [1.165, 1.54) is 0 Å². The second kappa shape index (κ2) is 8.08. The lowest BCUT2D eigenvalue weighted by Crippen LogP contribution is -2.27. The van der Waals surface area contributed by atoms with Crippen LogP contribution in [0.3, 0.4) is 0 Å². The zero-order valence-electron chi connectivity index (χ0n) is 16.6. The van der Waals surface area contributed by atoms with Crippen molar-refractivity contribution in [3.63, 3.8) is 0 Å². The Labute approximate surface area is 172 Å². The first-order valence-electron chi connectivity index (χ1n) is 9.53. The van der Waals surface area contributed by atoms with Gasteiger partial charge in [0.2, 0.25) is 0 Å². The van der Waals surface area contributed by atoms with Gasteiger partial charge in [-0.3, -0.25) is 9.78 Å². The van der Waals surface area contributed by atoms with Gasteiger partial charge in [0.25, 0.3) is 5.91 Å². The van der Waals surface area contributed by atoms with Crippen molar-refractivity contribution in [3.8, 4) is 5.69 Å². The molecule has 1 aromatic carbocycles. The number of para-hydroxylation sites is 1. The van der Waals surface area contributed by atoms with Crippen molar-refractivity contribution in [1.29, 1.82) is 0 Å². The molecule has 0 radical (unpaired) electrons. The second-order valence-electron chi connectivity index (χ2n) is 7.13. The Morgan fingerprint density at radius 3 is 2.86 bits per heavy atom. The van der Waals surface area contributed by atoms with Crippen molar-refractivity contribution in [1.82, 2.24) is 30.3 Å². The zero-order valence-corrected chi connectivity index (χ0v) is 17.4. The molecule has 8 heteroatoms. The second-order valence-corrected chi connectivity index (χ2v) is 8.01. The van der Waals surface area contributed by atoms with Gasteiger partial charge >= 0.3 is 0 Å². The van der Waals surface area contributed by atoms with E-state index in [9.17, 15) is 4.79 Å². The van der Waals surface area contributed by atoms with Crippen LogP contribution in [0.15, 0.2) is 41.9 Å². The Bertz CT molecular complexity index is 1160. The fourth-order valence-corrected chi connectivity index (χ4v) is 3.99. The van der Waals surface area contributed by atoms with Crippen molar-refractivity contribution in [2.75, 3.05) is 6.54 Å². The van der Waals surface area contributed by atoms with E-state index in [1.807, 2.05) is 37.3 Å². The zero-order chi connectivity index (χ0) is 20.4. The molecular weight excluding hydrogens is 384 g/mol. The summed E-state index contributed by atoms with van der Waals surface area (Å²) in [5.74, 6) is 0.186. The van der Waals surface area contributed by atoms with Crippen LogP contribution in [0.2, 0.25) is 0 Å². The average Bonchev–Trinajstić information content (AvgIpc) is 3.34. The summed E-state index contributed by atoms with van der Waals surface area (Å²) in [7, 11) is 0. The molecule has 4 rings (SSSR count). The highest BCUT2D eigenvalue weighted by molar-refractivity contribution is 7.09. The SMILES string of the molecule is Cc1c(C(=O)NCCc2csc(C(C)C)n2)nnn1-c1cccc2cccnc12. The van der Waals surface area contributed by atoms with Gasteiger partial charge in [0.05, 0.1) is 27.6 Å². The molecule has 29 heavy (non-hydrogen) atoms. The number of carbonyl (C=O) groups is 1. The number of carbonyl (C=O) groups excluding carboxylic acids is 1. The number of amides is 1. The van der Waals surface area contributed by atoms with Crippen LogP contribution in [0.4, 0.5) is 0 Å². The molecule has 0 atom stereocenters. The lowest BCUT2D eigenvalue weighted by Gasteiger charge is -2.07. The summed E-state index contributed by atoms with van der Waals surface area (Å²) in [6, 6.07) is 9.75. The number of fused-ring (bicyclic) bond motifs is 1. The largest absolute Gasteiger partial charge is 0.350 e. The third-order valence-corrected chi connectivity index (χ3v) is 5.87. The first kappa shape index (κ1) is 19.2. The highest BCUT2D eigenvalue weighted by Crippen LogP contribution is 2.21. The molecular formula is C21H22N6OS. The molecule has 1 amide bonds. The number of nitrogens with zero attached hydrogens (tertiary/aromatic N) is 5. The Kier molecular flexibility index (Phi) is 5.35. The lowest BCUT2D eigenvalue weighted by atomic mass is 10.2. The fourth-order valence-electron chi connectivity index (χ4n) is 3.12. The molecule has 0 spiro atoms. The Balaban J connectivity index is 1.48. The van der Waals surface area contributed by atoms with Gasteiger partial charge in [-0.15, -0.1) is 16.4 Å². The maximum Gasteiger partial charge on any atom is 0.273 e. The molecule has 4 aromatic rings. The van der Waals surface area contributed by atoms with Crippen molar-refractivity contribution in [3.05, 3.63) is 64.0 Å². The Hall–Kier alpha value is -3.13. The number of hydrogen-bond acceptors (Lipinski definition) is 6. The van der Waals surface area contributed by atoms with Crippen LogP contribution in [-0.2, 0) is 6.42 Å². The van der Waals surface area contributed by atoms with Gasteiger partial charge in [-0.2, -0.15) is 0 Å². The van der Waals surface area contributed by atoms with Gasteiger partial charge in [-0.25, -0.2) is 9.67 Å². The molecule has 7 nitrogen and oxygen atoms in total. The van der Waals surface area contributed by atoms with Crippen LogP contribution >= 0.6 is 11.3 Å². The van der Waals surface area contributed by atoms with Gasteiger partial charge in [0, 0.05) is 35.8 Å². The van der Waals surface area contributed by atoms with Crippen LogP contribution in [-0.4, -0.2) is 37.4 Å². The molecule has 0 aliphatic carbocycles. The lowest BCUT2D eigenvalue weighted by molar-refractivity contribution is 0.0948. The molecule has 0 aliphatic heterocycles. The van der Waals surface area contributed by atoms with Crippen LogP contribution in [0, 0.1) is 6.92 Å². The minimum absolute atomic E-state index is 0.235. The molecule has 0 bridgehead atoms. The van der Waals surface area contributed by atoms with E-state index in [0.29, 0.717) is 30.3 Å². The summed E-state index contributed by atoms with van der Waals surface area (Å²) in [6.45, 7) is 6.60. The smallest absolute Gasteiger partial charge is 0.273 e. The van der Waals surface area contributed by atoms with E-state index < -0.39 is 0 Å². The summed E-state index contributed by atoms with van der Waals surface area (Å²) in [4.78, 5) is 21.7. The predicted octanol–water partition coefficient (Wildman–Crippen LogP) is 3.68. The number of aromatic nitrogens is 5. The maximum atomic E-state index is 12.6. The van der Waals surface area contributed by atoms with Crippen LogP contribution in [0.5, 0.6) is 0 Å². The number of thiazole rings is 1. The van der Waals surface area contributed by atoms with E-state index in [-0.39, 0.29) is 5.91 Å². The molecule has 0 saturated heterocycles. The van der Waals surface area contributed by atoms with Gasteiger partial charge in [-0.05, 0) is 19.1 Å². The molecule has 1 N–H and O–H groups in total.